The van der Waals surface area contributed by atoms with Crippen molar-refractivity contribution in [3.8, 4) is 0 Å². The summed E-state index contributed by atoms with van der Waals surface area (Å²) in [4.78, 5) is 38.6. The van der Waals surface area contributed by atoms with Crippen molar-refractivity contribution >= 4 is 17.7 Å². The number of aryl methyl sites for hydroxylation is 1. The van der Waals surface area contributed by atoms with Gasteiger partial charge in [0.25, 0.3) is 0 Å². The molecule has 3 unspecified atom stereocenters. The monoisotopic (exact) mass is 507 g/mol. The van der Waals surface area contributed by atoms with E-state index in [2.05, 4.69) is 29.8 Å². The Morgan fingerprint density at radius 3 is 1.86 bits per heavy atom. The summed E-state index contributed by atoms with van der Waals surface area (Å²) in [6.07, 6.45) is 3.42. The van der Waals surface area contributed by atoms with E-state index in [1.54, 1.807) is 0 Å². The lowest BCUT2D eigenvalue weighted by molar-refractivity contribution is -0.130. The highest BCUT2D eigenvalue weighted by Gasteiger charge is 2.26. The van der Waals surface area contributed by atoms with Crippen molar-refractivity contribution in [2.45, 2.75) is 91.3 Å². The zero-order valence-corrected chi connectivity index (χ0v) is 23.1. The topological polar surface area (TPSA) is 87.3 Å². The first-order valence-electron chi connectivity index (χ1n) is 13.7. The standard InChI is InChI=1S/C31H45N3O3/c1-6-23(4)24(5)32-28(35)20-18-27(21-26-15-11-8-12-16-26)33-31(37)30(22(2)3)34-29(36)19-17-25-13-9-7-10-14-25/h7-16,22-24,27,30H,6,17-21H2,1-5H3,(H,32,35)(H,33,37)(H,34,36)/t23-,24?,27?,30?/m0/s1. The fourth-order valence-corrected chi connectivity index (χ4v) is 4.23. The highest BCUT2D eigenvalue weighted by molar-refractivity contribution is 5.88. The van der Waals surface area contributed by atoms with E-state index >= 15 is 0 Å². The molecule has 2 rings (SSSR count). The number of hydrogen-bond donors (Lipinski definition) is 3. The van der Waals surface area contributed by atoms with Crippen molar-refractivity contribution in [3.05, 3.63) is 71.8 Å². The van der Waals surface area contributed by atoms with Crippen molar-refractivity contribution in [3.63, 3.8) is 0 Å². The number of carbonyl (C=O) groups excluding carboxylic acids is 3. The van der Waals surface area contributed by atoms with E-state index in [0.717, 1.165) is 17.5 Å². The van der Waals surface area contributed by atoms with Gasteiger partial charge in [0.1, 0.15) is 6.04 Å². The number of nitrogens with one attached hydrogen (secondary N) is 3. The molecule has 4 atom stereocenters. The lowest BCUT2D eigenvalue weighted by Gasteiger charge is -2.26. The Morgan fingerprint density at radius 1 is 0.730 bits per heavy atom. The summed E-state index contributed by atoms with van der Waals surface area (Å²) < 4.78 is 0. The van der Waals surface area contributed by atoms with E-state index in [9.17, 15) is 14.4 Å². The van der Waals surface area contributed by atoms with E-state index in [1.165, 1.54) is 0 Å². The molecule has 0 heterocycles. The molecule has 0 aliphatic rings. The van der Waals surface area contributed by atoms with E-state index in [4.69, 9.17) is 0 Å². The van der Waals surface area contributed by atoms with Gasteiger partial charge in [-0.15, -0.1) is 0 Å². The van der Waals surface area contributed by atoms with Crippen LogP contribution in [-0.2, 0) is 27.2 Å². The molecule has 0 saturated carbocycles. The Bertz CT molecular complexity index is 962. The molecule has 0 aliphatic heterocycles. The minimum absolute atomic E-state index is 0.00488. The maximum Gasteiger partial charge on any atom is 0.243 e. The molecule has 0 aliphatic carbocycles. The van der Waals surface area contributed by atoms with Gasteiger partial charge in [-0.1, -0.05) is 94.8 Å². The summed E-state index contributed by atoms with van der Waals surface area (Å²) in [7, 11) is 0. The van der Waals surface area contributed by atoms with Gasteiger partial charge in [-0.25, -0.2) is 0 Å². The minimum atomic E-state index is -0.638. The molecule has 6 nitrogen and oxygen atoms in total. The normalized spacial score (nSPS) is 14.3. The number of amides is 3. The van der Waals surface area contributed by atoms with Crippen LogP contribution in [0, 0.1) is 11.8 Å². The lowest BCUT2D eigenvalue weighted by atomic mass is 9.98. The summed E-state index contributed by atoms with van der Waals surface area (Å²) >= 11 is 0. The third-order valence-corrected chi connectivity index (χ3v) is 7.03. The predicted octanol–water partition coefficient (Wildman–Crippen LogP) is 4.82. The van der Waals surface area contributed by atoms with Crippen LogP contribution in [0.4, 0.5) is 0 Å². The summed E-state index contributed by atoms with van der Waals surface area (Å²) in [5.74, 6) is -0.0263. The Labute approximate surface area is 223 Å². The van der Waals surface area contributed by atoms with Crippen LogP contribution in [-0.4, -0.2) is 35.8 Å². The van der Waals surface area contributed by atoms with Crippen LogP contribution < -0.4 is 16.0 Å². The second-order valence-corrected chi connectivity index (χ2v) is 10.5. The second kappa shape index (κ2) is 15.9. The summed E-state index contributed by atoms with van der Waals surface area (Å²) in [6, 6.07) is 19.0. The molecular formula is C31H45N3O3. The first-order chi connectivity index (χ1) is 17.7. The molecule has 2 aromatic rings. The highest BCUT2D eigenvalue weighted by Crippen LogP contribution is 2.12. The van der Waals surface area contributed by atoms with Crippen molar-refractivity contribution in [2.75, 3.05) is 0 Å². The van der Waals surface area contributed by atoms with Crippen molar-refractivity contribution in [2.24, 2.45) is 11.8 Å². The number of rotatable bonds is 15. The second-order valence-electron chi connectivity index (χ2n) is 10.5. The third-order valence-electron chi connectivity index (χ3n) is 7.03. The first kappa shape index (κ1) is 30.1. The molecule has 0 fully saturated rings. The Hall–Kier alpha value is -3.15. The molecule has 6 heteroatoms. The zero-order valence-electron chi connectivity index (χ0n) is 23.1. The summed E-state index contributed by atoms with van der Waals surface area (Å²) in [6.45, 7) is 10.1. The van der Waals surface area contributed by atoms with Crippen LogP contribution >= 0.6 is 0 Å². The number of hydrogen-bond acceptors (Lipinski definition) is 3. The first-order valence-corrected chi connectivity index (χ1v) is 13.7. The quantitative estimate of drug-likeness (QED) is 0.323. The maximum atomic E-state index is 13.3. The number of benzene rings is 2. The van der Waals surface area contributed by atoms with Gasteiger partial charge in [0, 0.05) is 24.9 Å². The van der Waals surface area contributed by atoms with Gasteiger partial charge in [-0.3, -0.25) is 14.4 Å². The Balaban J connectivity index is 2.00. The van der Waals surface area contributed by atoms with Gasteiger partial charge in [-0.2, -0.15) is 0 Å². The van der Waals surface area contributed by atoms with E-state index in [1.807, 2.05) is 81.4 Å². The molecule has 0 bridgehead atoms. The van der Waals surface area contributed by atoms with Crippen LogP contribution in [0.25, 0.3) is 0 Å². The molecule has 0 aromatic heterocycles. The molecule has 202 valence electrons. The van der Waals surface area contributed by atoms with Crippen LogP contribution in [0.3, 0.4) is 0 Å². The van der Waals surface area contributed by atoms with Crippen LogP contribution in [0.1, 0.15) is 71.4 Å². The summed E-state index contributed by atoms with van der Waals surface area (Å²) in [5, 5.41) is 9.16. The van der Waals surface area contributed by atoms with Crippen LogP contribution in [0.2, 0.25) is 0 Å². The van der Waals surface area contributed by atoms with E-state index < -0.39 is 6.04 Å². The molecule has 37 heavy (non-hydrogen) atoms. The van der Waals surface area contributed by atoms with Crippen molar-refractivity contribution < 1.29 is 14.4 Å². The molecule has 3 N–H and O–H groups in total. The SMILES string of the molecule is CC[C@H](C)C(C)NC(=O)CCC(Cc1ccccc1)NC(=O)C(NC(=O)CCc1ccccc1)C(C)C. The smallest absolute Gasteiger partial charge is 0.243 e. The van der Waals surface area contributed by atoms with Gasteiger partial charge >= 0.3 is 0 Å². The van der Waals surface area contributed by atoms with E-state index in [0.29, 0.717) is 38.0 Å². The summed E-state index contributed by atoms with van der Waals surface area (Å²) in [5.41, 5.74) is 2.18. The Kier molecular flexibility index (Phi) is 12.9. The minimum Gasteiger partial charge on any atom is -0.353 e. The molecule has 0 spiro atoms. The number of carbonyl (C=O) groups is 3. The molecule has 3 amide bonds. The van der Waals surface area contributed by atoms with Crippen LogP contribution in [0.15, 0.2) is 60.7 Å². The fraction of sp³-hybridized carbons (Fsp3) is 0.516. The Morgan fingerprint density at radius 2 is 1.30 bits per heavy atom. The predicted molar refractivity (Wildman–Crippen MR) is 150 cm³/mol. The van der Waals surface area contributed by atoms with Gasteiger partial charge in [0.2, 0.25) is 17.7 Å². The van der Waals surface area contributed by atoms with Gasteiger partial charge < -0.3 is 16.0 Å². The van der Waals surface area contributed by atoms with Crippen molar-refractivity contribution in [1.82, 2.24) is 16.0 Å². The molecule has 0 saturated heterocycles. The van der Waals surface area contributed by atoms with Gasteiger partial charge in [0.05, 0.1) is 0 Å². The highest BCUT2D eigenvalue weighted by atomic mass is 16.2. The van der Waals surface area contributed by atoms with E-state index in [-0.39, 0.29) is 35.7 Å². The molecule has 0 radical (unpaired) electrons. The maximum absolute atomic E-state index is 13.3. The van der Waals surface area contributed by atoms with Crippen molar-refractivity contribution in [1.29, 1.82) is 0 Å². The zero-order chi connectivity index (χ0) is 27.2. The average molecular weight is 508 g/mol. The largest absolute Gasteiger partial charge is 0.353 e. The van der Waals surface area contributed by atoms with Gasteiger partial charge in [-0.05, 0) is 49.1 Å². The molecular weight excluding hydrogens is 462 g/mol. The molecule has 2 aromatic carbocycles. The van der Waals surface area contributed by atoms with Gasteiger partial charge in [0.15, 0.2) is 0 Å². The third kappa shape index (κ3) is 11.2. The fourth-order valence-electron chi connectivity index (χ4n) is 4.23. The van der Waals surface area contributed by atoms with Crippen LogP contribution in [0.5, 0.6) is 0 Å². The lowest BCUT2D eigenvalue weighted by Crippen LogP contribution is -2.52. The average Bonchev–Trinajstić information content (AvgIpc) is 2.89.